The molecule has 6 heteroatoms. The summed E-state index contributed by atoms with van der Waals surface area (Å²) in [6.07, 6.45) is 3.63. The van der Waals surface area contributed by atoms with Crippen LogP contribution in [0.15, 0.2) is 59.7 Å². The van der Waals surface area contributed by atoms with Crippen molar-refractivity contribution < 1.29 is 0 Å². The van der Waals surface area contributed by atoms with E-state index in [9.17, 15) is 4.79 Å². The number of hydrogen-bond acceptors (Lipinski definition) is 5. The van der Waals surface area contributed by atoms with Gasteiger partial charge in [0.25, 0.3) is 0 Å². The lowest BCUT2D eigenvalue weighted by Crippen LogP contribution is -2.05. The smallest absolute Gasteiger partial charge is 0.191 e. The van der Waals surface area contributed by atoms with Gasteiger partial charge >= 0.3 is 0 Å². The Labute approximate surface area is 164 Å². The van der Waals surface area contributed by atoms with Gasteiger partial charge in [-0.05, 0) is 43.7 Å². The molecule has 0 saturated heterocycles. The normalized spacial score (nSPS) is 11.4. The first-order chi connectivity index (χ1) is 13.6. The highest BCUT2D eigenvalue weighted by Crippen LogP contribution is 2.36. The number of H-pyrrole nitrogens is 1. The van der Waals surface area contributed by atoms with Crippen LogP contribution >= 0.6 is 11.3 Å². The lowest BCUT2D eigenvalue weighted by molar-refractivity contribution is 1.19. The third-order valence-electron chi connectivity index (χ3n) is 4.72. The Morgan fingerprint density at radius 1 is 1.04 bits per heavy atom. The summed E-state index contributed by atoms with van der Waals surface area (Å²) in [7, 11) is 0. The van der Waals surface area contributed by atoms with Gasteiger partial charge in [0, 0.05) is 35.1 Å². The maximum absolute atomic E-state index is 12.6. The molecular formula is C22H16N4OS. The molecule has 0 atom stereocenters. The summed E-state index contributed by atoms with van der Waals surface area (Å²) in [5.74, 6) is 0. The average molecular weight is 384 g/mol. The van der Waals surface area contributed by atoms with Gasteiger partial charge in [-0.1, -0.05) is 12.1 Å². The Kier molecular flexibility index (Phi) is 3.80. The highest BCUT2D eigenvalue weighted by atomic mass is 32.1. The number of hydrogen-bond donors (Lipinski definition) is 1. The first-order valence-corrected chi connectivity index (χ1v) is 9.73. The summed E-state index contributed by atoms with van der Waals surface area (Å²) in [5, 5.41) is 2.60. The van der Waals surface area contributed by atoms with Gasteiger partial charge in [0.05, 0.1) is 26.5 Å². The summed E-state index contributed by atoms with van der Waals surface area (Å²) in [6.45, 7) is 3.84. The molecule has 0 unspecified atom stereocenters. The second kappa shape index (κ2) is 6.35. The van der Waals surface area contributed by atoms with E-state index in [0.717, 1.165) is 43.3 Å². The summed E-state index contributed by atoms with van der Waals surface area (Å²) in [6, 6.07) is 13.6. The van der Waals surface area contributed by atoms with Crippen molar-refractivity contribution in [2.24, 2.45) is 0 Å². The summed E-state index contributed by atoms with van der Waals surface area (Å²) >= 11 is 1.59. The molecule has 0 radical (unpaired) electrons. The largest absolute Gasteiger partial charge is 0.343 e. The number of nitrogens with zero attached hydrogens (tertiary/aromatic N) is 3. The number of fused-ring (bicyclic) bond motifs is 2. The fraction of sp³-hybridized carbons (Fsp3) is 0.0909. The number of aromatic nitrogens is 4. The lowest BCUT2D eigenvalue weighted by Gasteiger charge is -2.11. The van der Waals surface area contributed by atoms with Gasteiger partial charge in [-0.15, -0.1) is 11.3 Å². The molecule has 28 heavy (non-hydrogen) atoms. The molecular weight excluding hydrogens is 368 g/mol. The molecule has 4 aromatic heterocycles. The highest BCUT2D eigenvalue weighted by Gasteiger charge is 2.16. The van der Waals surface area contributed by atoms with Crippen LogP contribution in [0, 0.1) is 13.8 Å². The van der Waals surface area contributed by atoms with E-state index >= 15 is 0 Å². The van der Waals surface area contributed by atoms with E-state index in [2.05, 4.69) is 21.0 Å². The molecule has 1 N–H and O–H groups in total. The molecule has 0 fully saturated rings. The molecule has 5 aromatic rings. The van der Waals surface area contributed by atoms with Crippen molar-refractivity contribution in [3.05, 3.63) is 75.8 Å². The van der Waals surface area contributed by atoms with E-state index in [1.165, 1.54) is 0 Å². The average Bonchev–Trinajstić information content (AvgIpc) is 3.13. The number of pyridine rings is 3. The maximum Gasteiger partial charge on any atom is 0.191 e. The third-order valence-corrected chi connectivity index (χ3v) is 5.64. The standard InChI is InChI=1S/C22H16N4OS/c1-12-8-19(27)17-10-16(14-5-6-18-15(9-14)4-3-7-23-18)21(26-22(17)25-12)20-11-24-13(2)28-20/h3-11H,1-2H3,(H,25,26,27). The van der Waals surface area contributed by atoms with E-state index in [4.69, 9.17) is 4.98 Å². The van der Waals surface area contributed by atoms with Crippen LogP contribution in [0.2, 0.25) is 0 Å². The van der Waals surface area contributed by atoms with Crippen LogP contribution in [0.1, 0.15) is 10.7 Å². The molecule has 0 aliphatic heterocycles. The van der Waals surface area contributed by atoms with Gasteiger partial charge in [-0.25, -0.2) is 9.97 Å². The molecule has 4 heterocycles. The van der Waals surface area contributed by atoms with Gasteiger partial charge in [-0.2, -0.15) is 0 Å². The van der Waals surface area contributed by atoms with Gasteiger partial charge in [0.15, 0.2) is 5.43 Å². The molecule has 0 bridgehead atoms. The van der Waals surface area contributed by atoms with Crippen LogP contribution in [0.25, 0.3) is 43.6 Å². The Balaban J connectivity index is 1.85. The number of benzene rings is 1. The number of rotatable bonds is 2. The summed E-state index contributed by atoms with van der Waals surface area (Å²) in [5.41, 5.74) is 5.02. The van der Waals surface area contributed by atoms with Crippen molar-refractivity contribution in [1.29, 1.82) is 0 Å². The second-order valence-electron chi connectivity index (χ2n) is 6.75. The molecule has 136 valence electrons. The molecule has 0 aliphatic rings. The van der Waals surface area contributed by atoms with Crippen LogP contribution in [-0.4, -0.2) is 19.9 Å². The van der Waals surface area contributed by atoms with Crippen molar-refractivity contribution >= 4 is 33.3 Å². The Hall–Kier alpha value is -3.38. The SMILES string of the molecule is Cc1cc(=O)c2cc(-c3ccc4ncccc4c3)c(-c3cnc(C)s3)nc2[nH]1. The first-order valence-electron chi connectivity index (χ1n) is 8.91. The highest BCUT2D eigenvalue weighted by molar-refractivity contribution is 7.15. The van der Waals surface area contributed by atoms with Crippen LogP contribution in [0.5, 0.6) is 0 Å². The minimum Gasteiger partial charge on any atom is -0.343 e. The minimum atomic E-state index is -0.0329. The van der Waals surface area contributed by atoms with Crippen LogP contribution in [-0.2, 0) is 0 Å². The van der Waals surface area contributed by atoms with E-state index in [0.29, 0.717) is 11.0 Å². The summed E-state index contributed by atoms with van der Waals surface area (Å²) in [4.78, 5) is 30.4. The van der Waals surface area contributed by atoms with Crippen molar-refractivity contribution in [1.82, 2.24) is 19.9 Å². The zero-order valence-electron chi connectivity index (χ0n) is 15.4. The molecule has 5 nitrogen and oxygen atoms in total. The number of thiazole rings is 1. The summed E-state index contributed by atoms with van der Waals surface area (Å²) < 4.78 is 0. The van der Waals surface area contributed by atoms with Gasteiger partial charge in [0.1, 0.15) is 5.65 Å². The fourth-order valence-corrected chi connectivity index (χ4v) is 4.20. The van der Waals surface area contributed by atoms with Crippen LogP contribution < -0.4 is 5.43 Å². The zero-order valence-corrected chi connectivity index (χ0v) is 16.2. The minimum absolute atomic E-state index is 0.0329. The quantitative estimate of drug-likeness (QED) is 0.471. The molecule has 0 spiro atoms. The molecule has 0 aliphatic carbocycles. The Morgan fingerprint density at radius 2 is 1.93 bits per heavy atom. The van der Waals surface area contributed by atoms with E-state index in [-0.39, 0.29) is 5.43 Å². The Morgan fingerprint density at radius 3 is 2.75 bits per heavy atom. The van der Waals surface area contributed by atoms with E-state index in [1.54, 1.807) is 23.6 Å². The predicted octanol–water partition coefficient (Wildman–Crippen LogP) is 4.88. The van der Waals surface area contributed by atoms with Gasteiger partial charge < -0.3 is 4.98 Å². The molecule has 0 amide bonds. The molecule has 1 aromatic carbocycles. The fourth-order valence-electron chi connectivity index (χ4n) is 3.42. The van der Waals surface area contributed by atoms with Gasteiger partial charge in [-0.3, -0.25) is 9.78 Å². The van der Waals surface area contributed by atoms with Crippen molar-refractivity contribution in [3.63, 3.8) is 0 Å². The van der Waals surface area contributed by atoms with Crippen LogP contribution in [0.3, 0.4) is 0 Å². The second-order valence-corrected chi connectivity index (χ2v) is 7.99. The van der Waals surface area contributed by atoms with Crippen molar-refractivity contribution in [2.75, 3.05) is 0 Å². The topological polar surface area (TPSA) is 71.5 Å². The molecule has 5 rings (SSSR count). The third kappa shape index (κ3) is 2.78. The predicted molar refractivity (Wildman–Crippen MR) is 114 cm³/mol. The van der Waals surface area contributed by atoms with Crippen molar-refractivity contribution in [2.45, 2.75) is 13.8 Å². The Bertz CT molecular complexity index is 1420. The number of aryl methyl sites for hydroxylation is 2. The van der Waals surface area contributed by atoms with Crippen molar-refractivity contribution in [3.8, 4) is 21.7 Å². The monoisotopic (exact) mass is 384 g/mol. The maximum atomic E-state index is 12.6. The molecule has 0 saturated carbocycles. The number of nitrogens with one attached hydrogen (secondary N) is 1. The lowest BCUT2D eigenvalue weighted by atomic mass is 9.99. The van der Waals surface area contributed by atoms with E-state index < -0.39 is 0 Å². The zero-order chi connectivity index (χ0) is 19.3. The van der Waals surface area contributed by atoms with E-state index in [1.807, 2.05) is 50.4 Å². The van der Waals surface area contributed by atoms with Gasteiger partial charge in [0.2, 0.25) is 0 Å². The van der Waals surface area contributed by atoms with Crippen LogP contribution in [0.4, 0.5) is 0 Å². The number of aromatic amines is 1. The first kappa shape index (κ1) is 16.8.